The molecule has 0 aliphatic heterocycles. The van der Waals surface area contributed by atoms with E-state index in [1.807, 2.05) is 36.4 Å². The van der Waals surface area contributed by atoms with Crippen molar-refractivity contribution in [1.82, 2.24) is 0 Å². The quantitative estimate of drug-likeness (QED) is 0.338. The molecule has 88 valence electrons. The van der Waals surface area contributed by atoms with E-state index < -0.39 is 12.0 Å². The van der Waals surface area contributed by atoms with E-state index in [-0.39, 0.29) is 6.61 Å². The lowest BCUT2D eigenvalue weighted by atomic mass is 10.2. The summed E-state index contributed by atoms with van der Waals surface area (Å²) in [5.41, 5.74) is 9.38. The minimum atomic E-state index is -0.482. The summed E-state index contributed by atoms with van der Waals surface area (Å²) in [6, 6.07) is 9.11. The predicted octanol–water partition coefficient (Wildman–Crippen LogP) is 2.94. The fourth-order valence-corrected chi connectivity index (χ4v) is 1.18. The average molecular weight is 231 g/mol. The highest BCUT2D eigenvalue weighted by Gasteiger charge is 2.03. The average Bonchev–Trinajstić information content (AvgIpc) is 2.34. The summed E-state index contributed by atoms with van der Waals surface area (Å²) in [4.78, 5) is 13.4. The third-order valence-corrected chi connectivity index (χ3v) is 1.97. The zero-order valence-corrected chi connectivity index (χ0v) is 9.48. The first-order valence-electron chi connectivity index (χ1n) is 5.13. The van der Waals surface area contributed by atoms with Crippen molar-refractivity contribution in [1.29, 1.82) is 0 Å². The molecule has 1 rings (SSSR count). The summed E-state index contributed by atoms with van der Waals surface area (Å²) >= 11 is 0. The van der Waals surface area contributed by atoms with Crippen molar-refractivity contribution in [3.05, 3.63) is 52.4 Å². The molecule has 17 heavy (non-hydrogen) atoms. The van der Waals surface area contributed by atoms with Crippen molar-refractivity contribution in [2.75, 3.05) is 6.61 Å². The number of benzene rings is 1. The Bertz CT molecular complexity index is 436. The second-order valence-electron chi connectivity index (χ2n) is 3.34. The van der Waals surface area contributed by atoms with Crippen LogP contribution in [0.1, 0.15) is 12.5 Å². The molecule has 0 aliphatic carbocycles. The molecule has 5 heteroatoms. The van der Waals surface area contributed by atoms with E-state index in [9.17, 15) is 4.79 Å². The van der Waals surface area contributed by atoms with Gasteiger partial charge in [-0.15, -0.1) is 0 Å². The minimum absolute atomic E-state index is 0.0583. The molecule has 0 radical (unpaired) electrons. The Morgan fingerprint density at radius 3 is 2.82 bits per heavy atom. The van der Waals surface area contributed by atoms with Crippen LogP contribution in [0.4, 0.5) is 0 Å². The Morgan fingerprint density at radius 1 is 1.53 bits per heavy atom. The molecule has 0 spiro atoms. The molecule has 0 heterocycles. The second kappa shape index (κ2) is 7.09. The molecular weight excluding hydrogens is 218 g/mol. The third-order valence-electron chi connectivity index (χ3n) is 1.97. The highest BCUT2D eigenvalue weighted by atomic mass is 16.5. The van der Waals surface area contributed by atoms with Gasteiger partial charge in [0, 0.05) is 11.8 Å². The first-order valence-corrected chi connectivity index (χ1v) is 5.13. The molecule has 0 saturated heterocycles. The molecule has 1 atom stereocenters. The molecule has 1 unspecified atom stereocenters. The van der Waals surface area contributed by atoms with Gasteiger partial charge in [0.1, 0.15) is 6.61 Å². The molecule has 0 aromatic heterocycles. The van der Waals surface area contributed by atoms with Crippen LogP contribution < -0.4 is 0 Å². The van der Waals surface area contributed by atoms with Crippen molar-refractivity contribution in [3.63, 3.8) is 0 Å². The van der Waals surface area contributed by atoms with Gasteiger partial charge in [-0.1, -0.05) is 47.6 Å². The van der Waals surface area contributed by atoms with Gasteiger partial charge in [-0.2, -0.15) is 0 Å². The lowest BCUT2D eigenvalue weighted by molar-refractivity contribution is -0.141. The van der Waals surface area contributed by atoms with Crippen LogP contribution in [0, 0.1) is 0 Å². The molecule has 1 aromatic rings. The summed E-state index contributed by atoms with van der Waals surface area (Å²) in [6.07, 6.45) is 3.53. The summed E-state index contributed by atoms with van der Waals surface area (Å²) in [7, 11) is 0. The first kappa shape index (κ1) is 12.8. The van der Waals surface area contributed by atoms with Gasteiger partial charge >= 0.3 is 5.97 Å². The van der Waals surface area contributed by atoms with Crippen LogP contribution in [0.15, 0.2) is 41.5 Å². The molecule has 0 aliphatic rings. The first-order chi connectivity index (χ1) is 8.22. The van der Waals surface area contributed by atoms with Crippen LogP contribution in [0.2, 0.25) is 0 Å². The Balaban J connectivity index is 2.63. The minimum Gasteiger partial charge on any atom is -0.465 e. The molecule has 0 saturated carbocycles. The van der Waals surface area contributed by atoms with Crippen LogP contribution >= 0.6 is 0 Å². The zero-order chi connectivity index (χ0) is 12.5. The fourth-order valence-electron chi connectivity index (χ4n) is 1.18. The maximum Gasteiger partial charge on any atom is 0.302 e. The topological polar surface area (TPSA) is 75.1 Å². The number of carbonyl (C=O) groups excluding carboxylic acids is 1. The van der Waals surface area contributed by atoms with Gasteiger partial charge < -0.3 is 4.74 Å². The number of rotatable bonds is 5. The van der Waals surface area contributed by atoms with Gasteiger partial charge in [-0.05, 0) is 11.1 Å². The van der Waals surface area contributed by atoms with Crippen LogP contribution in [0.3, 0.4) is 0 Å². The number of azide groups is 1. The summed E-state index contributed by atoms with van der Waals surface area (Å²) in [5.74, 6) is -0.392. The Morgan fingerprint density at radius 2 is 2.24 bits per heavy atom. The molecule has 0 N–H and O–H groups in total. The lowest BCUT2D eigenvalue weighted by Gasteiger charge is -2.05. The van der Waals surface area contributed by atoms with Crippen LogP contribution in [0.5, 0.6) is 0 Å². The summed E-state index contributed by atoms with van der Waals surface area (Å²) in [5, 5.41) is 3.53. The van der Waals surface area contributed by atoms with E-state index in [1.165, 1.54) is 6.92 Å². The summed E-state index contributed by atoms with van der Waals surface area (Å²) < 4.78 is 4.79. The normalized spacial score (nSPS) is 11.8. The molecule has 0 fully saturated rings. The van der Waals surface area contributed by atoms with Crippen molar-refractivity contribution in [2.45, 2.75) is 13.0 Å². The van der Waals surface area contributed by atoms with E-state index in [0.29, 0.717) is 0 Å². The highest BCUT2D eigenvalue weighted by Crippen LogP contribution is 2.04. The Kier molecular flexibility index (Phi) is 5.34. The van der Waals surface area contributed by atoms with Gasteiger partial charge in [0.2, 0.25) is 0 Å². The van der Waals surface area contributed by atoms with Gasteiger partial charge in [-0.25, -0.2) is 0 Å². The molecule has 5 nitrogen and oxygen atoms in total. The van der Waals surface area contributed by atoms with Crippen LogP contribution in [0.25, 0.3) is 16.5 Å². The maximum atomic E-state index is 10.6. The van der Waals surface area contributed by atoms with Crippen molar-refractivity contribution in [2.24, 2.45) is 5.11 Å². The number of nitrogens with zero attached hydrogens (tertiary/aromatic N) is 3. The highest BCUT2D eigenvalue weighted by molar-refractivity contribution is 5.66. The van der Waals surface area contributed by atoms with Gasteiger partial charge in [0.05, 0.1) is 6.04 Å². The van der Waals surface area contributed by atoms with E-state index >= 15 is 0 Å². The monoisotopic (exact) mass is 231 g/mol. The fraction of sp³-hybridized carbons (Fsp3) is 0.250. The largest absolute Gasteiger partial charge is 0.465 e. The smallest absolute Gasteiger partial charge is 0.302 e. The molecule has 0 amide bonds. The number of esters is 1. The number of hydrogen-bond acceptors (Lipinski definition) is 3. The predicted molar refractivity (Wildman–Crippen MR) is 65.0 cm³/mol. The van der Waals surface area contributed by atoms with Gasteiger partial charge in [0.15, 0.2) is 0 Å². The van der Waals surface area contributed by atoms with E-state index in [1.54, 1.807) is 6.08 Å². The molecule has 0 bridgehead atoms. The summed E-state index contributed by atoms with van der Waals surface area (Å²) in [6.45, 7) is 1.37. The third kappa shape index (κ3) is 5.39. The van der Waals surface area contributed by atoms with Crippen LogP contribution in [-0.4, -0.2) is 18.6 Å². The zero-order valence-electron chi connectivity index (χ0n) is 9.48. The van der Waals surface area contributed by atoms with Crippen molar-refractivity contribution in [3.8, 4) is 0 Å². The van der Waals surface area contributed by atoms with Gasteiger partial charge in [-0.3, -0.25) is 4.79 Å². The van der Waals surface area contributed by atoms with E-state index in [4.69, 9.17) is 10.3 Å². The standard InChI is InChI=1S/C12H13N3O2/c1-10(16)17-9-12(14-15-13)8-7-11-5-3-2-4-6-11/h2-8,12H,9H2,1H3/b8-7+. The van der Waals surface area contributed by atoms with Crippen molar-refractivity contribution < 1.29 is 9.53 Å². The van der Waals surface area contributed by atoms with E-state index in [0.717, 1.165) is 5.56 Å². The molecular formula is C12H13N3O2. The maximum absolute atomic E-state index is 10.6. The van der Waals surface area contributed by atoms with Crippen LogP contribution in [-0.2, 0) is 9.53 Å². The number of carbonyl (C=O) groups is 1. The second-order valence-corrected chi connectivity index (χ2v) is 3.34. The lowest BCUT2D eigenvalue weighted by Crippen LogP contribution is -2.12. The number of ether oxygens (including phenoxy) is 1. The van der Waals surface area contributed by atoms with E-state index in [2.05, 4.69) is 10.0 Å². The Labute approximate surface area is 99.3 Å². The number of hydrogen-bond donors (Lipinski definition) is 0. The molecule has 1 aromatic carbocycles. The van der Waals surface area contributed by atoms with Crippen molar-refractivity contribution >= 4 is 12.0 Å². The van der Waals surface area contributed by atoms with Gasteiger partial charge in [0.25, 0.3) is 0 Å². The Hall–Kier alpha value is -2.26. The SMILES string of the molecule is CC(=O)OCC(/C=C/c1ccccc1)N=[N+]=[N-].